The normalized spacial score (nSPS) is 14.2. The maximum atomic E-state index is 14.3. The van der Waals surface area contributed by atoms with Crippen LogP contribution >= 0.6 is 11.6 Å². The van der Waals surface area contributed by atoms with E-state index in [2.05, 4.69) is 10.6 Å². The highest BCUT2D eigenvalue weighted by atomic mass is 35.5. The summed E-state index contributed by atoms with van der Waals surface area (Å²) in [7, 11) is 1.12. The minimum atomic E-state index is -4.73. The Balaban J connectivity index is 1.91. The van der Waals surface area contributed by atoms with Crippen molar-refractivity contribution >= 4 is 35.0 Å². The number of amides is 1. The Morgan fingerprint density at radius 3 is 2.55 bits per heavy atom. The second-order valence-electron chi connectivity index (χ2n) is 6.86. The number of benzene rings is 2. The van der Waals surface area contributed by atoms with Gasteiger partial charge in [-0.2, -0.15) is 13.2 Å². The highest BCUT2D eigenvalue weighted by Crippen LogP contribution is 2.37. The Bertz CT molecular complexity index is 1050. The number of carbonyl (C=O) groups is 1. The van der Waals surface area contributed by atoms with Gasteiger partial charge in [0.1, 0.15) is 11.4 Å². The summed E-state index contributed by atoms with van der Waals surface area (Å²) >= 11 is 6.12. The lowest BCUT2D eigenvalue weighted by Crippen LogP contribution is -2.25. The van der Waals surface area contributed by atoms with Crippen LogP contribution in [0.25, 0.3) is 5.57 Å². The molecule has 164 valence electrons. The number of allylic oxidation sites excluding steroid dienone is 1. The van der Waals surface area contributed by atoms with Crippen LogP contribution in [0.3, 0.4) is 0 Å². The van der Waals surface area contributed by atoms with Crippen LogP contribution in [0, 0.1) is 11.2 Å². The second-order valence-corrected chi connectivity index (χ2v) is 7.27. The third kappa shape index (κ3) is 5.35. The molecule has 1 aliphatic rings. The fourth-order valence-corrected chi connectivity index (χ4v) is 2.98. The van der Waals surface area contributed by atoms with Gasteiger partial charge >= 0.3 is 6.18 Å². The Labute approximate surface area is 180 Å². The molecule has 31 heavy (non-hydrogen) atoms. The first-order valence-electron chi connectivity index (χ1n) is 9.16. The monoisotopic (exact) mass is 455 g/mol. The van der Waals surface area contributed by atoms with Crippen molar-refractivity contribution < 1.29 is 27.1 Å². The van der Waals surface area contributed by atoms with E-state index in [-0.39, 0.29) is 39.5 Å². The van der Waals surface area contributed by atoms with Gasteiger partial charge in [-0.3, -0.25) is 4.79 Å². The maximum absolute atomic E-state index is 14.3. The van der Waals surface area contributed by atoms with Gasteiger partial charge in [0.2, 0.25) is 0 Å². The fourth-order valence-electron chi connectivity index (χ4n) is 2.77. The van der Waals surface area contributed by atoms with Crippen molar-refractivity contribution in [1.29, 1.82) is 5.41 Å². The van der Waals surface area contributed by atoms with Gasteiger partial charge in [-0.15, -0.1) is 0 Å². The third-order valence-electron chi connectivity index (χ3n) is 4.59. The minimum absolute atomic E-state index is 0.127. The maximum Gasteiger partial charge on any atom is 0.416 e. The molecule has 0 saturated heterocycles. The van der Waals surface area contributed by atoms with E-state index in [1.165, 1.54) is 18.3 Å². The second kappa shape index (κ2) is 8.97. The average Bonchev–Trinajstić information content (AvgIpc) is 3.53. The fraction of sp³-hybridized carbons (Fsp3) is 0.238. The molecule has 2 aromatic rings. The highest BCUT2D eigenvalue weighted by Gasteiger charge is 2.32. The molecule has 1 aliphatic carbocycles. The topological polar surface area (TPSA) is 74.2 Å². The van der Waals surface area contributed by atoms with Crippen LogP contribution in [0.5, 0.6) is 5.75 Å². The standard InChI is InChI=1S/C21H18ClF4N3O2/c1-31-18-8-13(21(24,25)26)7-17(23)19(18)28-10-12(9-27)11-2-5-16(22)15(6-11)20(30)29-14-3-4-14/h2,5-10,14,27-28H,3-4H2,1H3,(H,29,30)/b12-10+,27-9?. The van der Waals surface area contributed by atoms with E-state index in [0.717, 1.165) is 26.2 Å². The zero-order chi connectivity index (χ0) is 22.8. The average molecular weight is 456 g/mol. The summed E-state index contributed by atoms with van der Waals surface area (Å²) < 4.78 is 57.9. The van der Waals surface area contributed by atoms with Gasteiger partial charge in [0.05, 0.1) is 23.3 Å². The Morgan fingerprint density at radius 2 is 1.97 bits per heavy atom. The number of nitrogens with one attached hydrogen (secondary N) is 3. The summed E-state index contributed by atoms with van der Waals surface area (Å²) in [5.74, 6) is -1.87. The van der Waals surface area contributed by atoms with Crippen LogP contribution in [-0.2, 0) is 6.18 Å². The molecule has 0 heterocycles. The number of rotatable bonds is 7. The molecule has 0 unspecified atom stereocenters. The van der Waals surface area contributed by atoms with Crippen molar-refractivity contribution in [2.45, 2.75) is 25.1 Å². The summed E-state index contributed by atoms with van der Waals surface area (Å²) in [6.45, 7) is 0. The number of carbonyl (C=O) groups excluding carboxylic acids is 1. The molecular formula is C21H18ClF4N3O2. The first-order valence-corrected chi connectivity index (χ1v) is 9.54. The van der Waals surface area contributed by atoms with Crippen molar-refractivity contribution in [2.24, 2.45) is 0 Å². The van der Waals surface area contributed by atoms with Gasteiger partial charge in [0.25, 0.3) is 5.91 Å². The van der Waals surface area contributed by atoms with Crippen molar-refractivity contribution in [1.82, 2.24) is 5.32 Å². The minimum Gasteiger partial charge on any atom is -0.494 e. The number of hydrogen-bond acceptors (Lipinski definition) is 4. The van der Waals surface area contributed by atoms with Gasteiger partial charge in [-0.25, -0.2) is 4.39 Å². The molecule has 0 atom stereocenters. The van der Waals surface area contributed by atoms with Crippen molar-refractivity contribution in [2.75, 3.05) is 12.4 Å². The lowest BCUT2D eigenvalue weighted by molar-refractivity contribution is -0.137. The Hall–Kier alpha value is -3.07. The van der Waals surface area contributed by atoms with Crippen LogP contribution in [0.1, 0.15) is 34.3 Å². The molecule has 1 fully saturated rings. The molecule has 0 aromatic heterocycles. The van der Waals surface area contributed by atoms with Crippen LogP contribution in [0.15, 0.2) is 36.5 Å². The quantitative estimate of drug-likeness (QED) is 0.381. The highest BCUT2D eigenvalue weighted by molar-refractivity contribution is 6.34. The number of alkyl halides is 3. The van der Waals surface area contributed by atoms with E-state index in [4.69, 9.17) is 21.7 Å². The molecule has 5 nitrogen and oxygen atoms in total. The van der Waals surface area contributed by atoms with Gasteiger partial charge in [-0.05, 0) is 42.7 Å². The molecule has 1 saturated carbocycles. The predicted molar refractivity (Wildman–Crippen MR) is 110 cm³/mol. The molecular weight excluding hydrogens is 438 g/mol. The summed E-state index contributed by atoms with van der Waals surface area (Å²) in [4.78, 5) is 12.4. The zero-order valence-electron chi connectivity index (χ0n) is 16.2. The van der Waals surface area contributed by atoms with Crippen molar-refractivity contribution in [3.8, 4) is 5.75 Å². The van der Waals surface area contributed by atoms with E-state index in [1.807, 2.05) is 0 Å². The lowest BCUT2D eigenvalue weighted by Gasteiger charge is -2.14. The zero-order valence-corrected chi connectivity index (χ0v) is 17.0. The predicted octanol–water partition coefficient (Wildman–Crippen LogP) is 5.50. The summed E-state index contributed by atoms with van der Waals surface area (Å²) in [6, 6.07) is 5.70. The molecule has 3 N–H and O–H groups in total. The van der Waals surface area contributed by atoms with E-state index >= 15 is 0 Å². The van der Waals surface area contributed by atoms with E-state index in [9.17, 15) is 22.4 Å². The summed E-state index contributed by atoms with van der Waals surface area (Å²) in [5.41, 5.74) is -0.627. The van der Waals surface area contributed by atoms with Gasteiger partial charge in [0, 0.05) is 24.0 Å². The first kappa shape index (κ1) is 22.6. The molecule has 1 amide bonds. The first-order chi connectivity index (χ1) is 14.6. The molecule has 0 spiro atoms. The molecule has 0 bridgehead atoms. The number of ether oxygens (including phenoxy) is 1. The van der Waals surface area contributed by atoms with Crippen molar-refractivity contribution in [3.63, 3.8) is 0 Å². The van der Waals surface area contributed by atoms with Crippen molar-refractivity contribution in [3.05, 3.63) is 64.1 Å². The third-order valence-corrected chi connectivity index (χ3v) is 4.92. The molecule has 3 rings (SSSR count). The Kier molecular flexibility index (Phi) is 6.54. The molecule has 0 aliphatic heterocycles. The summed E-state index contributed by atoms with van der Waals surface area (Å²) in [5, 5.41) is 13.2. The SMILES string of the molecule is COc1cc(C(F)(F)F)cc(F)c1N/C=C(\C=N)c1ccc(Cl)c(C(=O)NC2CC2)c1. The van der Waals surface area contributed by atoms with Gasteiger partial charge in [0.15, 0.2) is 5.82 Å². The smallest absolute Gasteiger partial charge is 0.416 e. The van der Waals surface area contributed by atoms with Gasteiger partial charge in [-0.1, -0.05) is 17.7 Å². The largest absolute Gasteiger partial charge is 0.494 e. The number of anilines is 1. The summed E-state index contributed by atoms with van der Waals surface area (Å²) in [6.07, 6.45) is -0.748. The van der Waals surface area contributed by atoms with Gasteiger partial charge < -0.3 is 20.8 Å². The molecule has 10 heteroatoms. The number of methoxy groups -OCH3 is 1. The Morgan fingerprint density at radius 1 is 1.26 bits per heavy atom. The van der Waals surface area contributed by atoms with E-state index < -0.39 is 17.6 Å². The number of halogens is 5. The molecule has 0 radical (unpaired) electrons. The van der Waals surface area contributed by atoms with Crippen LogP contribution in [0.2, 0.25) is 5.02 Å². The number of hydrogen-bond donors (Lipinski definition) is 3. The molecule has 2 aromatic carbocycles. The van der Waals surface area contributed by atoms with Crippen LogP contribution in [-0.4, -0.2) is 25.3 Å². The van der Waals surface area contributed by atoms with E-state index in [1.54, 1.807) is 6.07 Å². The van der Waals surface area contributed by atoms with Crippen LogP contribution < -0.4 is 15.4 Å². The lowest BCUT2D eigenvalue weighted by atomic mass is 10.0. The van der Waals surface area contributed by atoms with E-state index in [0.29, 0.717) is 17.7 Å². The van der Waals surface area contributed by atoms with Crippen LogP contribution in [0.4, 0.5) is 23.2 Å².